The second-order valence-electron chi connectivity index (χ2n) is 17.9. The lowest BCUT2D eigenvalue weighted by Gasteiger charge is -2.59. The van der Waals surface area contributed by atoms with E-state index in [1.807, 2.05) is 19.9 Å². The molecular weight excluding hydrogens is 781 g/mol. The van der Waals surface area contributed by atoms with Gasteiger partial charge >= 0.3 is 18.0 Å². The average Bonchev–Trinajstić information content (AvgIpc) is 4.00. The Kier molecular flexibility index (Phi) is 10.5. The molecular formula is C44H52FN3O12. The molecule has 1 aromatic carbocycles. The van der Waals surface area contributed by atoms with Crippen LogP contribution in [0.5, 0.6) is 5.75 Å². The van der Waals surface area contributed by atoms with E-state index in [1.54, 1.807) is 28.5 Å². The third kappa shape index (κ3) is 6.61. The quantitative estimate of drug-likeness (QED) is 0.268. The van der Waals surface area contributed by atoms with Crippen LogP contribution < -0.4 is 15.1 Å². The van der Waals surface area contributed by atoms with Crippen molar-refractivity contribution in [3.63, 3.8) is 0 Å². The van der Waals surface area contributed by atoms with Crippen molar-refractivity contribution in [3.05, 3.63) is 57.7 Å². The number of halogens is 1. The molecule has 15 nitrogen and oxygen atoms in total. The predicted molar refractivity (Wildman–Crippen MR) is 213 cm³/mol. The van der Waals surface area contributed by atoms with Gasteiger partial charge in [-0.1, -0.05) is 25.5 Å². The summed E-state index contributed by atoms with van der Waals surface area (Å²) in [5.74, 6) is -3.50. The van der Waals surface area contributed by atoms with Gasteiger partial charge in [0.05, 0.1) is 24.1 Å². The summed E-state index contributed by atoms with van der Waals surface area (Å²) < 4.78 is 39.1. The molecule has 2 aromatic rings. The molecule has 16 heteroatoms. The Balaban J connectivity index is 1.01. The number of nitrogens with zero attached hydrogens (tertiary/aromatic N) is 3. The SMILES string of the molecule is COc1c(N2CCN(C(=O)OCOC(C)=O)C(C)C2)c(F)cc2c(=O)c(C(=O)OCC(=O)[C@@]3(O)CCC4C5CCC6=CC(=O)C=C[C@]6(C)C5C(O)C[C@@]43C)cn(C3CC3)c12. The van der Waals surface area contributed by atoms with E-state index in [2.05, 4.69) is 0 Å². The summed E-state index contributed by atoms with van der Waals surface area (Å²) in [6.45, 7) is 5.99. The van der Waals surface area contributed by atoms with Gasteiger partial charge in [0.2, 0.25) is 18.0 Å². The van der Waals surface area contributed by atoms with Crippen LogP contribution in [0.4, 0.5) is 14.9 Å². The van der Waals surface area contributed by atoms with Crippen LogP contribution in [0, 0.1) is 34.4 Å². The highest BCUT2D eigenvalue weighted by atomic mass is 19.1. The first-order valence-electron chi connectivity index (χ1n) is 20.8. The molecule has 4 saturated carbocycles. The summed E-state index contributed by atoms with van der Waals surface area (Å²) in [6, 6.07) is 0.482. The molecule has 2 N–H and O–H groups in total. The summed E-state index contributed by atoms with van der Waals surface area (Å²) in [4.78, 5) is 80.9. The zero-order valence-electron chi connectivity index (χ0n) is 34.5. The van der Waals surface area contributed by atoms with Crippen molar-refractivity contribution >= 4 is 46.2 Å². The normalized spacial score (nSPS) is 32.1. The summed E-state index contributed by atoms with van der Waals surface area (Å²) in [5.41, 5.74) is -3.29. The number of hydrogen-bond acceptors (Lipinski definition) is 13. The number of esters is 2. The molecule has 5 fully saturated rings. The molecule has 2 heterocycles. The molecule has 1 aliphatic heterocycles. The van der Waals surface area contributed by atoms with Gasteiger partial charge in [0.1, 0.15) is 16.9 Å². The third-order valence-electron chi connectivity index (χ3n) is 14.6. The van der Waals surface area contributed by atoms with Gasteiger partial charge in [0.15, 0.2) is 24.0 Å². The lowest BCUT2D eigenvalue weighted by atomic mass is 9.46. The summed E-state index contributed by atoms with van der Waals surface area (Å²) >= 11 is 0. The number of aromatic nitrogens is 1. The fourth-order valence-corrected chi connectivity index (χ4v) is 11.5. The lowest BCUT2D eigenvalue weighted by Crippen LogP contribution is -2.61. The minimum absolute atomic E-state index is 0.0174. The Hall–Kier alpha value is -5.09. The van der Waals surface area contributed by atoms with Crippen LogP contribution in [0.3, 0.4) is 0 Å². The molecule has 5 unspecified atom stereocenters. The first kappa shape index (κ1) is 41.6. The number of benzene rings is 1. The smallest absolute Gasteiger partial charge is 0.413 e. The van der Waals surface area contributed by atoms with Gasteiger partial charge in [-0.25, -0.2) is 14.0 Å². The second-order valence-corrected chi connectivity index (χ2v) is 17.9. The van der Waals surface area contributed by atoms with Crippen molar-refractivity contribution in [2.24, 2.45) is 28.6 Å². The third-order valence-corrected chi connectivity index (χ3v) is 14.6. The number of Topliss-reactive ketones (excluding diaryl/α,β-unsaturated/α-hetero) is 1. The number of methoxy groups -OCH3 is 1. The first-order valence-corrected chi connectivity index (χ1v) is 20.8. The lowest BCUT2D eigenvalue weighted by molar-refractivity contribution is -0.178. The van der Waals surface area contributed by atoms with Crippen molar-refractivity contribution in [2.75, 3.05) is 45.0 Å². The number of aliphatic hydroxyl groups is 2. The molecule has 1 aromatic heterocycles. The van der Waals surface area contributed by atoms with Crippen molar-refractivity contribution in [1.82, 2.24) is 9.47 Å². The Morgan fingerprint density at radius 1 is 1.03 bits per heavy atom. The number of anilines is 1. The summed E-state index contributed by atoms with van der Waals surface area (Å²) in [6.07, 6.45) is 8.54. The maximum absolute atomic E-state index is 16.3. The number of hydrogen-bond donors (Lipinski definition) is 2. The number of aliphatic hydroxyl groups excluding tert-OH is 1. The zero-order chi connectivity index (χ0) is 43.1. The van der Waals surface area contributed by atoms with E-state index >= 15 is 4.39 Å². The van der Waals surface area contributed by atoms with Crippen LogP contribution in [0.2, 0.25) is 0 Å². The van der Waals surface area contributed by atoms with Gasteiger partial charge in [0.25, 0.3) is 0 Å². The van der Waals surface area contributed by atoms with Crippen molar-refractivity contribution < 1.29 is 57.5 Å². The maximum Gasteiger partial charge on any atom is 0.413 e. The van der Waals surface area contributed by atoms with Gasteiger partial charge < -0.3 is 43.5 Å². The van der Waals surface area contributed by atoms with E-state index in [1.165, 1.54) is 25.1 Å². The van der Waals surface area contributed by atoms with Crippen LogP contribution in [-0.2, 0) is 28.6 Å². The number of rotatable bonds is 9. The number of allylic oxidation sites excluding steroid dienone is 4. The number of amides is 1. The van der Waals surface area contributed by atoms with Crippen molar-refractivity contribution in [2.45, 2.75) is 96.4 Å². The van der Waals surface area contributed by atoms with E-state index in [0.717, 1.165) is 24.5 Å². The Bertz CT molecular complexity index is 2300. The predicted octanol–water partition coefficient (Wildman–Crippen LogP) is 4.39. The number of carbonyl (C=O) groups is 5. The monoisotopic (exact) mass is 833 g/mol. The van der Waals surface area contributed by atoms with E-state index in [4.69, 9.17) is 18.9 Å². The molecule has 6 aliphatic rings. The van der Waals surface area contributed by atoms with Crippen LogP contribution in [0.1, 0.15) is 89.0 Å². The highest BCUT2D eigenvalue weighted by Gasteiger charge is 2.68. The van der Waals surface area contributed by atoms with Crippen LogP contribution >= 0.6 is 0 Å². The summed E-state index contributed by atoms with van der Waals surface area (Å²) in [5, 5.41) is 23.8. The van der Waals surface area contributed by atoms with Gasteiger partial charge in [-0.05, 0) is 81.9 Å². The number of ether oxygens (including phenoxy) is 4. The number of carbonyl (C=O) groups excluding carboxylic acids is 5. The first-order chi connectivity index (χ1) is 28.4. The zero-order valence-corrected chi connectivity index (χ0v) is 34.5. The Morgan fingerprint density at radius 3 is 2.47 bits per heavy atom. The maximum atomic E-state index is 16.3. The molecule has 8 atom stereocenters. The molecule has 0 spiro atoms. The molecule has 5 aliphatic carbocycles. The van der Waals surface area contributed by atoms with Gasteiger partial charge in [-0.15, -0.1) is 0 Å². The Labute approximate surface area is 346 Å². The fourth-order valence-electron chi connectivity index (χ4n) is 11.5. The minimum Gasteiger partial charge on any atom is -0.492 e. The van der Waals surface area contributed by atoms with Gasteiger partial charge in [0, 0.05) is 61.6 Å². The molecule has 0 radical (unpaired) electrons. The topological polar surface area (TPSA) is 191 Å². The molecule has 60 heavy (non-hydrogen) atoms. The highest BCUT2D eigenvalue weighted by Crippen LogP contribution is 2.67. The van der Waals surface area contributed by atoms with Crippen molar-refractivity contribution in [3.8, 4) is 5.75 Å². The van der Waals surface area contributed by atoms with E-state index in [0.29, 0.717) is 19.3 Å². The van der Waals surface area contributed by atoms with Crippen molar-refractivity contribution in [1.29, 1.82) is 0 Å². The van der Waals surface area contributed by atoms with Crippen LogP contribution in [0.25, 0.3) is 10.9 Å². The summed E-state index contributed by atoms with van der Waals surface area (Å²) in [7, 11) is 1.36. The van der Waals surface area contributed by atoms with E-state index in [9.17, 15) is 39.0 Å². The molecule has 322 valence electrons. The number of ketones is 2. The highest BCUT2D eigenvalue weighted by molar-refractivity contribution is 6.01. The van der Waals surface area contributed by atoms with Crippen LogP contribution in [0.15, 0.2) is 40.9 Å². The number of pyridine rings is 1. The minimum atomic E-state index is -1.91. The average molecular weight is 834 g/mol. The molecule has 8 rings (SSSR count). The van der Waals surface area contributed by atoms with Gasteiger partial charge in [-0.2, -0.15) is 0 Å². The molecule has 0 bridgehead atoms. The molecule has 1 saturated heterocycles. The van der Waals surface area contributed by atoms with E-state index < -0.39 is 82.6 Å². The van der Waals surface area contributed by atoms with Gasteiger partial charge in [-0.3, -0.25) is 19.2 Å². The molecule has 1 amide bonds. The standard InChI is InChI=1S/C44H52FN3O12/c1-23-19-46(14-15-47(23)41(55)60-22-59-24(2)49)37-32(45)17-29-36(39(37)57-5)48(26-7-8-26)20-30(38(29)53)40(54)58-21-34(52)44(56)13-11-31-28-9-6-25-16-27(50)10-12-42(25,3)35(28)33(51)18-43(31,44)4/h10,12,16-17,20,23,26,28,31,33,35,51,56H,6-9,11,13-15,18-19,21-22H2,1-5H3/t23?,28?,31?,33?,35?,42-,43-,44-/m0/s1. The number of fused-ring (bicyclic) bond motifs is 6. The largest absolute Gasteiger partial charge is 0.492 e. The number of piperazine rings is 1. The second kappa shape index (κ2) is 15.1. The Morgan fingerprint density at radius 2 is 1.78 bits per heavy atom. The van der Waals surface area contributed by atoms with Crippen LogP contribution in [-0.4, -0.2) is 107 Å². The fraction of sp³-hybridized carbons (Fsp3) is 0.591. The van der Waals surface area contributed by atoms with E-state index in [-0.39, 0.29) is 84.4 Å².